The predicted octanol–water partition coefficient (Wildman–Crippen LogP) is -0.150. The quantitative estimate of drug-likeness (QED) is 0.426. The molecule has 0 aliphatic rings. The summed E-state index contributed by atoms with van der Waals surface area (Å²) < 4.78 is 0. The van der Waals surface area contributed by atoms with E-state index in [-0.39, 0.29) is 120 Å². The summed E-state index contributed by atoms with van der Waals surface area (Å²) in [6.07, 6.45) is 0. The molecule has 0 fully saturated rings. The van der Waals surface area contributed by atoms with Gasteiger partial charge in [0, 0.05) is 0 Å². The molecule has 0 spiro atoms. The zero-order chi connectivity index (χ0) is 5.15. The van der Waals surface area contributed by atoms with E-state index < -0.39 is 11.9 Å². The first-order chi connectivity index (χ1) is 2.64. The summed E-state index contributed by atoms with van der Waals surface area (Å²) in [5.74, 6) is -3.65. The van der Waals surface area contributed by atoms with E-state index in [0.717, 1.165) is 0 Å². The molecule has 0 aromatic rings. The molecule has 0 aromatic heterocycles. The number of hydrogen-bond acceptors (Lipinski definition) is 3. The number of carboxylic acids is 2. The van der Waals surface area contributed by atoms with E-state index in [2.05, 4.69) is 0 Å². The van der Waals surface area contributed by atoms with Crippen molar-refractivity contribution >= 4 is 120 Å². The van der Waals surface area contributed by atoms with E-state index in [9.17, 15) is 0 Å². The van der Waals surface area contributed by atoms with Crippen molar-refractivity contribution in [1.82, 2.24) is 6.15 Å². The second kappa shape index (κ2) is 22.8. The third-order valence-electron chi connectivity index (χ3n) is 0.183. The minimum Gasteiger partial charge on any atom is -1.00 e. The number of carboxylic acid groups (broad SMARTS) is 2. The van der Waals surface area contributed by atoms with E-state index in [1.165, 1.54) is 0 Å². The average molecular weight is 312 g/mol. The second-order valence-corrected chi connectivity index (χ2v) is 0.610. The fourth-order valence-corrected chi connectivity index (χ4v) is 0. The number of carbonyl (C=O) groups is 2. The van der Waals surface area contributed by atoms with Gasteiger partial charge in [-0.25, -0.2) is 9.59 Å². The van der Waals surface area contributed by atoms with Gasteiger partial charge >= 0.3 is 95.2 Å². The van der Waals surface area contributed by atoms with Gasteiger partial charge in [-0.1, -0.05) is 0 Å². The molecule has 9 heteroatoms. The molecule has 0 bridgehead atoms. The molecule has 0 rings (SSSR count). The summed E-state index contributed by atoms with van der Waals surface area (Å²) in [6, 6.07) is 0. The maximum absolute atomic E-state index is 9.10. The Morgan fingerprint density at radius 2 is 1.09 bits per heavy atom. The maximum Gasteiger partial charge on any atom is 2.00 e. The number of rotatable bonds is 0. The van der Waals surface area contributed by atoms with Crippen LogP contribution in [-0.4, -0.2) is 105 Å². The van der Waals surface area contributed by atoms with E-state index >= 15 is 0 Å². The number of hydrogen-bond donors (Lipinski definition) is 3. The van der Waals surface area contributed by atoms with Gasteiger partial charge in [0.1, 0.15) is 0 Å². The van der Waals surface area contributed by atoms with Crippen molar-refractivity contribution < 1.29 is 25.5 Å². The van der Waals surface area contributed by atoms with Gasteiger partial charge in [0.2, 0.25) is 0 Å². The molecule has 5 N–H and O–H groups in total. The molecule has 0 atom stereocenters. The minimum absolute atomic E-state index is 0. The number of aliphatic carboxylic acids is 2. The SMILES string of the molecule is Cl.Cl.N.O=C(O)C(=O)O.[Ca+2].[H-].[H-].[H-].[H-].[Sr+2]. The molecule has 0 unspecified atom stereocenters. The van der Waals surface area contributed by atoms with Crippen LogP contribution < -0.4 is 6.15 Å². The maximum atomic E-state index is 9.10. The van der Waals surface area contributed by atoms with Gasteiger partial charge in [-0.2, -0.15) is 0 Å². The van der Waals surface area contributed by atoms with Gasteiger partial charge in [-0.3, -0.25) is 0 Å². The van der Waals surface area contributed by atoms with Crippen LogP contribution in [0, 0.1) is 0 Å². The Balaban J connectivity index is -0.00000000347. The van der Waals surface area contributed by atoms with Crippen LogP contribution in [0.1, 0.15) is 5.71 Å². The Bertz CT molecular complexity index is 105. The minimum atomic E-state index is -1.82. The average Bonchev–Trinajstić information content (AvgIpc) is 1.36. The first kappa shape index (κ1) is 37.9. The summed E-state index contributed by atoms with van der Waals surface area (Å²) in [5.41, 5.74) is 0. The van der Waals surface area contributed by atoms with Crippen LogP contribution in [0.15, 0.2) is 0 Å². The largest absolute Gasteiger partial charge is 2.00 e. The van der Waals surface area contributed by atoms with Crippen LogP contribution in [0.3, 0.4) is 0 Å². The molecule has 0 amide bonds. The smallest absolute Gasteiger partial charge is 1.00 e. The summed E-state index contributed by atoms with van der Waals surface area (Å²) in [6.45, 7) is 0. The molecule has 11 heavy (non-hydrogen) atoms. The molecule has 0 radical (unpaired) electrons. The molecule has 0 aromatic carbocycles. The summed E-state index contributed by atoms with van der Waals surface area (Å²) >= 11 is 0. The van der Waals surface area contributed by atoms with Crippen LogP contribution in [-0.2, 0) is 9.59 Å². The van der Waals surface area contributed by atoms with Gasteiger partial charge in [-0.05, 0) is 0 Å². The van der Waals surface area contributed by atoms with E-state index in [1.54, 1.807) is 0 Å². The summed E-state index contributed by atoms with van der Waals surface area (Å²) in [5, 5.41) is 14.8. The van der Waals surface area contributed by atoms with Crippen LogP contribution in [0.5, 0.6) is 0 Å². The van der Waals surface area contributed by atoms with Gasteiger partial charge in [0.25, 0.3) is 0 Å². The third-order valence-corrected chi connectivity index (χ3v) is 0.183. The van der Waals surface area contributed by atoms with Crippen LogP contribution >= 0.6 is 24.8 Å². The Morgan fingerprint density at radius 3 is 1.09 bits per heavy atom. The van der Waals surface area contributed by atoms with Crippen LogP contribution in [0.2, 0.25) is 0 Å². The fourth-order valence-electron chi connectivity index (χ4n) is 0. The normalized spacial score (nSPS) is 4.00. The van der Waals surface area contributed by atoms with Gasteiger partial charge in [0.15, 0.2) is 0 Å². The van der Waals surface area contributed by atoms with Crippen molar-refractivity contribution in [3.8, 4) is 0 Å². The first-order valence-electron chi connectivity index (χ1n) is 1.11. The molecule has 0 saturated carbocycles. The van der Waals surface area contributed by atoms with Gasteiger partial charge < -0.3 is 22.1 Å². The standard InChI is InChI=1S/C2H2O4.Ca.2ClH.H3N.Sr.4H/c3-1(4)2(5)6;;;;;;;;;/h(H,3,4)(H,5,6);;2*1H;1H3;;;;;/q;+2;;;;+2;4*-1. The van der Waals surface area contributed by atoms with E-state index in [1.807, 2.05) is 0 Å². The Morgan fingerprint density at radius 1 is 1.00 bits per heavy atom. The van der Waals surface area contributed by atoms with Crippen molar-refractivity contribution in [3.05, 3.63) is 0 Å². The zero-order valence-electron chi connectivity index (χ0n) is 9.65. The van der Waals surface area contributed by atoms with Crippen LogP contribution in [0.4, 0.5) is 0 Å². The van der Waals surface area contributed by atoms with E-state index in [0.29, 0.717) is 0 Å². The molecule has 5 nitrogen and oxygen atoms in total. The van der Waals surface area contributed by atoms with Crippen molar-refractivity contribution in [2.24, 2.45) is 0 Å². The van der Waals surface area contributed by atoms with Crippen molar-refractivity contribution in [2.45, 2.75) is 0 Å². The van der Waals surface area contributed by atoms with Crippen molar-refractivity contribution in [1.29, 1.82) is 0 Å². The molecule has 0 aliphatic carbocycles. The number of halogens is 2. The summed E-state index contributed by atoms with van der Waals surface area (Å²) in [7, 11) is 0. The van der Waals surface area contributed by atoms with Crippen LogP contribution in [0.25, 0.3) is 0 Å². The molecule has 0 aliphatic heterocycles. The van der Waals surface area contributed by atoms with Crippen molar-refractivity contribution in [2.75, 3.05) is 0 Å². The summed E-state index contributed by atoms with van der Waals surface area (Å²) in [4.78, 5) is 18.2. The first-order valence-corrected chi connectivity index (χ1v) is 1.11. The van der Waals surface area contributed by atoms with E-state index in [4.69, 9.17) is 19.8 Å². The molecular weight excluding hydrogens is 301 g/mol. The third kappa shape index (κ3) is 33.0. The second-order valence-electron chi connectivity index (χ2n) is 0.610. The predicted molar refractivity (Wildman–Crippen MR) is 50.7 cm³/mol. The van der Waals surface area contributed by atoms with Gasteiger partial charge in [0.05, 0.1) is 0 Å². The Hall–Kier alpha value is 2.22. The molecule has 0 saturated heterocycles. The monoisotopic (exact) mass is 311 g/mol. The molecule has 0 heterocycles. The molecule has 66 valence electrons. The topological polar surface area (TPSA) is 110 Å². The van der Waals surface area contributed by atoms with Gasteiger partial charge in [-0.15, -0.1) is 24.8 Å². The molecular formula is C2H11CaCl2NO4Sr. The zero-order valence-corrected chi connectivity index (χ0v) is 13.0. The van der Waals surface area contributed by atoms with Crippen molar-refractivity contribution in [3.63, 3.8) is 0 Å². The Labute approximate surface area is 149 Å². The Kier molecular flexibility index (Phi) is 78.4. The fraction of sp³-hybridized carbons (Fsp3) is 0.